The molecule has 2 aromatic heterocycles. The van der Waals surface area contributed by atoms with E-state index in [0.717, 1.165) is 11.0 Å². The summed E-state index contributed by atoms with van der Waals surface area (Å²) in [6.07, 6.45) is 4.95. The first-order valence-corrected chi connectivity index (χ1v) is 2.61. The Hall–Kier alpha value is -1.38. The van der Waals surface area contributed by atoms with Crippen LogP contribution in [-0.4, -0.2) is 15.0 Å². The van der Waals surface area contributed by atoms with Gasteiger partial charge in [0.05, 0.1) is 17.2 Å². The van der Waals surface area contributed by atoms with Gasteiger partial charge >= 0.3 is 0 Å². The zero-order valence-electron chi connectivity index (χ0n) is 4.63. The molecule has 0 unspecified atom stereocenters. The van der Waals surface area contributed by atoms with Crippen LogP contribution in [0, 0.1) is 6.07 Å². The van der Waals surface area contributed by atoms with E-state index >= 15 is 0 Å². The lowest BCUT2D eigenvalue weighted by Crippen LogP contribution is -1.74. The fourth-order valence-electron chi connectivity index (χ4n) is 0.732. The molecule has 3 heteroatoms. The smallest absolute Gasteiger partial charge is 0.116 e. The quantitative estimate of drug-likeness (QED) is 0.554. The SMILES string of the molecule is [c]1c[nH]c2cncnc12. The van der Waals surface area contributed by atoms with Crippen LogP contribution < -0.4 is 0 Å². The first-order chi connectivity index (χ1) is 4.47. The summed E-state index contributed by atoms with van der Waals surface area (Å²) >= 11 is 0. The van der Waals surface area contributed by atoms with Crippen LogP contribution in [-0.2, 0) is 0 Å². The highest BCUT2D eigenvalue weighted by atomic mass is 14.9. The summed E-state index contributed by atoms with van der Waals surface area (Å²) in [5.74, 6) is 0. The van der Waals surface area contributed by atoms with Crippen molar-refractivity contribution >= 4 is 11.0 Å². The molecule has 0 atom stereocenters. The molecule has 0 saturated heterocycles. The maximum atomic E-state index is 3.94. The molecule has 0 spiro atoms. The van der Waals surface area contributed by atoms with E-state index < -0.39 is 0 Å². The normalized spacial score (nSPS) is 10.2. The summed E-state index contributed by atoms with van der Waals surface area (Å²) in [6.45, 7) is 0. The molecule has 2 aromatic rings. The highest BCUT2D eigenvalue weighted by Crippen LogP contribution is 2.02. The lowest BCUT2D eigenvalue weighted by molar-refractivity contribution is 1.22. The molecule has 0 aliphatic rings. The van der Waals surface area contributed by atoms with E-state index in [1.807, 2.05) is 0 Å². The van der Waals surface area contributed by atoms with E-state index in [2.05, 4.69) is 21.0 Å². The minimum absolute atomic E-state index is 0.838. The van der Waals surface area contributed by atoms with Crippen LogP contribution in [0.15, 0.2) is 18.7 Å². The monoisotopic (exact) mass is 118 g/mol. The zero-order valence-corrected chi connectivity index (χ0v) is 4.63. The third kappa shape index (κ3) is 0.579. The predicted molar refractivity (Wildman–Crippen MR) is 32.7 cm³/mol. The minimum Gasteiger partial charge on any atom is -0.358 e. The number of rotatable bonds is 0. The average molecular weight is 118 g/mol. The van der Waals surface area contributed by atoms with Gasteiger partial charge in [-0.15, -0.1) is 0 Å². The topological polar surface area (TPSA) is 41.6 Å². The average Bonchev–Trinajstić information content (AvgIpc) is 2.33. The van der Waals surface area contributed by atoms with Crippen molar-refractivity contribution in [3.8, 4) is 0 Å². The number of nitrogens with zero attached hydrogens (tertiary/aromatic N) is 2. The molecular formula is C6H4N3. The van der Waals surface area contributed by atoms with Crippen molar-refractivity contribution < 1.29 is 0 Å². The molecule has 0 amide bonds. The van der Waals surface area contributed by atoms with Crippen molar-refractivity contribution in [1.82, 2.24) is 15.0 Å². The molecule has 1 radical (unpaired) electrons. The Morgan fingerprint density at radius 1 is 1.56 bits per heavy atom. The Bertz CT molecular complexity index is 282. The van der Waals surface area contributed by atoms with Gasteiger partial charge in [0.2, 0.25) is 0 Å². The van der Waals surface area contributed by atoms with Crippen molar-refractivity contribution in [3.63, 3.8) is 0 Å². The Labute approximate surface area is 51.8 Å². The summed E-state index contributed by atoms with van der Waals surface area (Å²) in [7, 11) is 0. The van der Waals surface area contributed by atoms with Crippen molar-refractivity contribution in [2.45, 2.75) is 0 Å². The molecule has 0 aromatic carbocycles. The standard InChI is InChI=1S/C6H4N3/c1-2-8-6-3-7-4-9-5(1)6/h2-4,8H. The fraction of sp³-hybridized carbons (Fsp3) is 0. The number of nitrogens with one attached hydrogen (secondary N) is 1. The van der Waals surface area contributed by atoms with Crippen molar-refractivity contribution in [2.75, 3.05) is 0 Å². The van der Waals surface area contributed by atoms with E-state index in [-0.39, 0.29) is 0 Å². The van der Waals surface area contributed by atoms with E-state index in [1.54, 1.807) is 12.4 Å². The molecular weight excluding hydrogens is 114 g/mol. The second-order valence-electron chi connectivity index (χ2n) is 1.72. The molecule has 0 saturated carbocycles. The molecule has 43 valence electrons. The lowest BCUT2D eigenvalue weighted by atomic mass is 10.5. The molecule has 0 aliphatic heterocycles. The Balaban J connectivity index is 2.95. The van der Waals surface area contributed by atoms with Crippen LogP contribution in [0.5, 0.6) is 0 Å². The molecule has 1 N–H and O–H groups in total. The number of aromatic nitrogens is 3. The number of hydrogen-bond acceptors (Lipinski definition) is 2. The summed E-state index contributed by atoms with van der Waals surface area (Å²) in [5, 5.41) is 0. The number of fused-ring (bicyclic) bond motifs is 1. The van der Waals surface area contributed by atoms with Crippen LogP contribution in [0.3, 0.4) is 0 Å². The van der Waals surface area contributed by atoms with Gasteiger partial charge in [-0.2, -0.15) is 0 Å². The number of H-pyrrole nitrogens is 1. The first kappa shape index (κ1) is 4.49. The minimum atomic E-state index is 0.838. The van der Waals surface area contributed by atoms with Crippen molar-refractivity contribution in [3.05, 3.63) is 24.8 Å². The third-order valence-corrected chi connectivity index (χ3v) is 1.15. The Morgan fingerprint density at radius 2 is 2.56 bits per heavy atom. The second kappa shape index (κ2) is 1.55. The zero-order chi connectivity index (χ0) is 6.10. The predicted octanol–water partition coefficient (Wildman–Crippen LogP) is 0.758. The van der Waals surface area contributed by atoms with Crippen LogP contribution >= 0.6 is 0 Å². The third-order valence-electron chi connectivity index (χ3n) is 1.15. The summed E-state index contributed by atoms with van der Waals surface area (Å²) in [6, 6.07) is 2.91. The van der Waals surface area contributed by atoms with Crippen LogP contribution in [0.25, 0.3) is 11.0 Å². The Morgan fingerprint density at radius 3 is 3.44 bits per heavy atom. The van der Waals surface area contributed by atoms with Crippen molar-refractivity contribution in [2.24, 2.45) is 0 Å². The van der Waals surface area contributed by atoms with Gasteiger partial charge in [0, 0.05) is 12.3 Å². The number of aromatic amines is 1. The molecule has 2 heterocycles. The van der Waals surface area contributed by atoms with E-state index in [4.69, 9.17) is 0 Å². The lowest BCUT2D eigenvalue weighted by Gasteiger charge is -1.81. The maximum Gasteiger partial charge on any atom is 0.116 e. The largest absolute Gasteiger partial charge is 0.358 e. The van der Waals surface area contributed by atoms with Gasteiger partial charge in [0.15, 0.2) is 0 Å². The van der Waals surface area contributed by atoms with Gasteiger partial charge in [-0.3, -0.25) is 0 Å². The molecule has 0 aliphatic carbocycles. The molecule has 3 nitrogen and oxygen atoms in total. The highest BCUT2D eigenvalue weighted by molar-refractivity contribution is 5.72. The van der Waals surface area contributed by atoms with E-state index in [9.17, 15) is 0 Å². The van der Waals surface area contributed by atoms with Gasteiger partial charge in [0.1, 0.15) is 6.33 Å². The summed E-state index contributed by atoms with van der Waals surface area (Å²) in [5.41, 5.74) is 1.77. The highest BCUT2D eigenvalue weighted by Gasteiger charge is 1.90. The fourth-order valence-corrected chi connectivity index (χ4v) is 0.732. The van der Waals surface area contributed by atoms with Gasteiger partial charge in [-0.1, -0.05) is 0 Å². The van der Waals surface area contributed by atoms with E-state index in [0.29, 0.717) is 0 Å². The van der Waals surface area contributed by atoms with Crippen LogP contribution in [0.2, 0.25) is 0 Å². The second-order valence-corrected chi connectivity index (χ2v) is 1.72. The molecule has 2 rings (SSSR count). The van der Waals surface area contributed by atoms with Gasteiger partial charge in [0.25, 0.3) is 0 Å². The van der Waals surface area contributed by atoms with Gasteiger partial charge in [-0.05, 0) is 0 Å². The number of hydrogen-bond donors (Lipinski definition) is 1. The Kier molecular flexibility index (Phi) is 0.773. The molecule has 0 bridgehead atoms. The van der Waals surface area contributed by atoms with Crippen LogP contribution in [0.1, 0.15) is 0 Å². The first-order valence-electron chi connectivity index (χ1n) is 2.61. The summed E-state index contributed by atoms with van der Waals surface area (Å²) in [4.78, 5) is 10.7. The van der Waals surface area contributed by atoms with Gasteiger partial charge < -0.3 is 4.98 Å². The van der Waals surface area contributed by atoms with E-state index in [1.165, 1.54) is 6.33 Å². The van der Waals surface area contributed by atoms with Gasteiger partial charge in [-0.25, -0.2) is 9.97 Å². The van der Waals surface area contributed by atoms with Crippen molar-refractivity contribution in [1.29, 1.82) is 0 Å². The maximum absolute atomic E-state index is 3.94. The molecule has 9 heavy (non-hydrogen) atoms. The summed E-state index contributed by atoms with van der Waals surface area (Å²) < 4.78 is 0. The molecule has 0 fully saturated rings. The van der Waals surface area contributed by atoms with Crippen LogP contribution in [0.4, 0.5) is 0 Å².